The highest BCUT2D eigenvalue weighted by Gasteiger charge is 2.26. The van der Waals surface area contributed by atoms with Gasteiger partial charge in [0.2, 0.25) is 10.0 Å². The van der Waals surface area contributed by atoms with Crippen molar-refractivity contribution in [2.45, 2.75) is 37.7 Å². The number of hydrogen-bond donors (Lipinski definition) is 1. The Kier molecular flexibility index (Phi) is 5.50. The third kappa shape index (κ3) is 4.05. The molecule has 0 bridgehead atoms. The van der Waals surface area contributed by atoms with Gasteiger partial charge in [-0.25, -0.2) is 13.6 Å². The highest BCUT2D eigenvalue weighted by molar-refractivity contribution is 7.89. The number of nitro benzene ring substituents is 1. The lowest BCUT2D eigenvalue weighted by Gasteiger charge is -2.19. The van der Waals surface area contributed by atoms with Crippen LogP contribution in [0.25, 0.3) is 0 Å². The van der Waals surface area contributed by atoms with Crippen LogP contribution >= 0.6 is 0 Å². The summed E-state index contributed by atoms with van der Waals surface area (Å²) >= 11 is 0. The summed E-state index contributed by atoms with van der Waals surface area (Å²) < 4.78 is 33.8. The molecule has 8 nitrogen and oxygen atoms in total. The molecule has 0 saturated heterocycles. The second-order valence-electron chi connectivity index (χ2n) is 4.33. The fourth-order valence-electron chi connectivity index (χ4n) is 1.80. The molecular formula is C12H18N2O6S. The van der Waals surface area contributed by atoms with Gasteiger partial charge in [-0.05, 0) is 12.8 Å². The molecule has 0 heterocycles. The van der Waals surface area contributed by atoms with Gasteiger partial charge in [-0.1, -0.05) is 13.8 Å². The maximum absolute atomic E-state index is 11.6. The van der Waals surface area contributed by atoms with Gasteiger partial charge in [-0.2, -0.15) is 0 Å². The van der Waals surface area contributed by atoms with Crippen molar-refractivity contribution >= 4 is 15.7 Å². The standard InChI is InChI=1S/C12H18N2O6S/c1-4-9(5-2)20-10-6-8(14(15)16)7-11(12(10)19-3)21(13,17)18/h6-7,9H,4-5H2,1-3H3,(H2,13,17,18). The Bertz CT molecular complexity index is 625. The lowest BCUT2D eigenvalue weighted by molar-refractivity contribution is -0.385. The van der Waals surface area contributed by atoms with Crippen molar-refractivity contribution < 1.29 is 22.8 Å². The fraction of sp³-hybridized carbons (Fsp3) is 0.500. The number of hydrogen-bond acceptors (Lipinski definition) is 6. The number of rotatable bonds is 7. The molecule has 0 aliphatic carbocycles. The summed E-state index contributed by atoms with van der Waals surface area (Å²) in [7, 11) is -2.94. The highest BCUT2D eigenvalue weighted by atomic mass is 32.2. The summed E-state index contributed by atoms with van der Waals surface area (Å²) in [6.45, 7) is 3.77. The predicted octanol–water partition coefficient (Wildman–Crippen LogP) is 1.82. The molecule has 0 unspecified atom stereocenters. The van der Waals surface area contributed by atoms with Crippen LogP contribution in [0.3, 0.4) is 0 Å². The average Bonchev–Trinajstić information content (AvgIpc) is 2.42. The number of non-ortho nitro benzene ring substituents is 1. The minimum Gasteiger partial charge on any atom is -0.492 e. The van der Waals surface area contributed by atoms with Crippen molar-refractivity contribution in [2.75, 3.05) is 7.11 Å². The maximum atomic E-state index is 11.6. The van der Waals surface area contributed by atoms with Gasteiger partial charge in [0, 0.05) is 6.07 Å². The second-order valence-corrected chi connectivity index (χ2v) is 5.86. The normalized spacial score (nSPS) is 11.5. The van der Waals surface area contributed by atoms with E-state index >= 15 is 0 Å². The molecule has 2 N–H and O–H groups in total. The molecule has 21 heavy (non-hydrogen) atoms. The first-order valence-corrected chi connectivity index (χ1v) is 7.85. The second kappa shape index (κ2) is 6.72. The predicted molar refractivity (Wildman–Crippen MR) is 76.0 cm³/mol. The molecule has 0 fully saturated rings. The zero-order valence-corrected chi connectivity index (χ0v) is 12.8. The van der Waals surface area contributed by atoms with Crippen molar-refractivity contribution in [3.05, 3.63) is 22.2 Å². The van der Waals surface area contributed by atoms with Gasteiger partial charge in [0.05, 0.1) is 24.2 Å². The van der Waals surface area contributed by atoms with E-state index < -0.39 is 25.5 Å². The largest absolute Gasteiger partial charge is 0.492 e. The van der Waals surface area contributed by atoms with Gasteiger partial charge in [0.1, 0.15) is 4.90 Å². The Morgan fingerprint density at radius 1 is 1.33 bits per heavy atom. The van der Waals surface area contributed by atoms with E-state index in [2.05, 4.69) is 0 Å². The topological polar surface area (TPSA) is 122 Å². The first-order chi connectivity index (χ1) is 9.74. The van der Waals surface area contributed by atoms with Crippen LogP contribution in [0.2, 0.25) is 0 Å². The van der Waals surface area contributed by atoms with Gasteiger partial charge in [0.25, 0.3) is 5.69 Å². The summed E-state index contributed by atoms with van der Waals surface area (Å²) in [5, 5.41) is 16.0. The molecule has 1 aromatic carbocycles. The monoisotopic (exact) mass is 318 g/mol. The zero-order valence-electron chi connectivity index (χ0n) is 12.0. The average molecular weight is 318 g/mol. The van der Waals surface area contributed by atoms with Crippen LogP contribution in [0.1, 0.15) is 26.7 Å². The molecule has 0 aliphatic heterocycles. The van der Waals surface area contributed by atoms with Crippen LogP contribution in [0.5, 0.6) is 11.5 Å². The summed E-state index contributed by atoms with van der Waals surface area (Å²) in [6.07, 6.45) is 1.11. The Morgan fingerprint density at radius 2 is 1.90 bits per heavy atom. The Balaban J connectivity index is 3.53. The molecule has 0 spiro atoms. The van der Waals surface area contributed by atoms with Gasteiger partial charge in [-0.3, -0.25) is 10.1 Å². The van der Waals surface area contributed by atoms with Crippen LogP contribution in [-0.2, 0) is 10.0 Å². The number of nitrogens with two attached hydrogens (primary N) is 1. The molecule has 0 radical (unpaired) electrons. The van der Waals surface area contributed by atoms with Crippen LogP contribution in [-0.4, -0.2) is 26.6 Å². The van der Waals surface area contributed by atoms with Crippen LogP contribution in [0.15, 0.2) is 17.0 Å². The Hall–Kier alpha value is -1.87. The third-order valence-corrected chi connectivity index (χ3v) is 3.85. The number of ether oxygens (including phenoxy) is 2. The number of methoxy groups -OCH3 is 1. The van der Waals surface area contributed by atoms with E-state index in [0.717, 1.165) is 12.1 Å². The maximum Gasteiger partial charge on any atom is 0.274 e. The lowest BCUT2D eigenvalue weighted by atomic mass is 10.2. The third-order valence-electron chi connectivity index (χ3n) is 2.93. The van der Waals surface area contributed by atoms with Crippen LogP contribution < -0.4 is 14.6 Å². The van der Waals surface area contributed by atoms with E-state index in [0.29, 0.717) is 12.8 Å². The van der Waals surface area contributed by atoms with Crippen molar-refractivity contribution in [2.24, 2.45) is 5.14 Å². The summed E-state index contributed by atoms with van der Waals surface area (Å²) in [5.74, 6) is -0.139. The summed E-state index contributed by atoms with van der Waals surface area (Å²) in [4.78, 5) is 9.74. The first-order valence-electron chi connectivity index (χ1n) is 6.30. The highest BCUT2D eigenvalue weighted by Crippen LogP contribution is 2.38. The summed E-state index contributed by atoms with van der Waals surface area (Å²) in [5.41, 5.74) is -0.430. The zero-order chi connectivity index (χ0) is 16.2. The Labute approximate surface area is 123 Å². The van der Waals surface area contributed by atoms with E-state index in [1.807, 2.05) is 13.8 Å². The van der Waals surface area contributed by atoms with E-state index in [9.17, 15) is 18.5 Å². The summed E-state index contributed by atoms with van der Waals surface area (Å²) in [6, 6.07) is 1.99. The number of primary sulfonamides is 1. The minimum atomic E-state index is -4.18. The molecule has 118 valence electrons. The number of sulfonamides is 1. The van der Waals surface area contributed by atoms with E-state index in [1.165, 1.54) is 7.11 Å². The molecule has 0 amide bonds. The molecular weight excluding hydrogens is 300 g/mol. The smallest absolute Gasteiger partial charge is 0.274 e. The van der Waals surface area contributed by atoms with Crippen molar-refractivity contribution in [1.82, 2.24) is 0 Å². The molecule has 0 aliphatic rings. The molecule has 1 rings (SSSR count). The van der Waals surface area contributed by atoms with E-state index in [4.69, 9.17) is 14.6 Å². The van der Waals surface area contributed by atoms with Crippen molar-refractivity contribution in [3.63, 3.8) is 0 Å². The number of nitro groups is 1. The first kappa shape index (κ1) is 17.2. The molecule has 9 heteroatoms. The lowest BCUT2D eigenvalue weighted by Crippen LogP contribution is -2.17. The molecule has 0 saturated carbocycles. The van der Waals surface area contributed by atoms with Crippen molar-refractivity contribution in [1.29, 1.82) is 0 Å². The Morgan fingerprint density at radius 3 is 2.29 bits per heavy atom. The number of benzene rings is 1. The minimum absolute atomic E-state index is 0.00979. The fourth-order valence-corrected chi connectivity index (χ4v) is 2.53. The molecule has 0 atom stereocenters. The van der Waals surface area contributed by atoms with E-state index in [-0.39, 0.29) is 17.6 Å². The molecule has 1 aromatic rings. The van der Waals surface area contributed by atoms with Gasteiger partial charge in [-0.15, -0.1) is 0 Å². The van der Waals surface area contributed by atoms with E-state index in [1.54, 1.807) is 0 Å². The molecule has 0 aromatic heterocycles. The van der Waals surface area contributed by atoms with Gasteiger partial charge < -0.3 is 9.47 Å². The van der Waals surface area contributed by atoms with Crippen LogP contribution in [0, 0.1) is 10.1 Å². The van der Waals surface area contributed by atoms with Crippen LogP contribution in [0.4, 0.5) is 5.69 Å². The quantitative estimate of drug-likeness (QED) is 0.604. The van der Waals surface area contributed by atoms with Gasteiger partial charge >= 0.3 is 0 Å². The van der Waals surface area contributed by atoms with Gasteiger partial charge in [0.15, 0.2) is 11.5 Å². The SMILES string of the molecule is CCC(CC)Oc1cc([N+](=O)[O-])cc(S(N)(=O)=O)c1OC. The van der Waals surface area contributed by atoms with Crippen molar-refractivity contribution in [3.8, 4) is 11.5 Å². The number of nitrogens with zero attached hydrogens (tertiary/aromatic N) is 1.